The number of rotatable bonds is 5. The number of benzene rings is 2. The Labute approximate surface area is 211 Å². The second-order valence-electron chi connectivity index (χ2n) is 7.62. The molecular formula is C25H17Cl2N3O4S. The highest BCUT2D eigenvalue weighted by molar-refractivity contribution is 7.90. The maximum Gasteiger partial charge on any atom is 0.340 e. The van der Waals surface area contributed by atoms with Gasteiger partial charge in [0.05, 0.1) is 33.3 Å². The highest BCUT2D eigenvalue weighted by atomic mass is 35.5. The molecule has 0 aliphatic heterocycles. The Morgan fingerprint density at radius 1 is 1.00 bits per heavy atom. The van der Waals surface area contributed by atoms with Crippen molar-refractivity contribution >= 4 is 50.2 Å². The minimum Gasteiger partial charge on any atom is -0.465 e. The summed E-state index contributed by atoms with van der Waals surface area (Å²) in [6, 6.07) is 18.2. The third kappa shape index (κ3) is 3.99. The molecule has 0 saturated carbocycles. The molecule has 0 atom stereocenters. The Balaban J connectivity index is 1.68. The van der Waals surface area contributed by atoms with Crippen LogP contribution in [0.3, 0.4) is 0 Å². The van der Waals surface area contributed by atoms with Gasteiger partial charge in [-0.1, -0.05) is 47.5 Å². The normalized spacial score (nSPS) is 11.6. The number of nitrogens with one attached hydrogen (secondary N) is 1. The van der Waals surface area contributed by atoms with E-state index in [0.29, 0.717) is 43.5 Å². The Bertz CT molecular complexity index is 1690. The first kappa shape index (κ1) is 23.2. The van der Waals surface area contributed by atoms with Crippen molar-refractivity contribution in [3.8, 4) is 22.5 Å². The molecule has 1 N–H and O–H groups in total. The van der Waals surface area contributed by atoms with E-state index in [1.54, 1.807) is 54.6 Å². The van der Waals surface area contributed by atoms with Crippen LogP contribution in [0.4, 0.5) is 0 Å². The van der Waals surface area contributed by atoms with Gasteiger partial charge < -0.3 is 9.72 Å². The van der Waals surface area contributed by atoms with E-state index >= 15 is 0 Å². The van der Waals surface area contributed by atoms with Crippen LogP contribution in [0.15, 0.2) is 84.0 Å². The predicted molar refractivity (Wildman–Crippen MR) is 135 cm³/mol. The number of fused-ring (bicyclic) bond motifs is 1. The number of ether oxygens (including phenoxy) is 1. The molecule has 0 spiro atoms. The lowest BCUT2D eigenvalue weighted by atomic mass is 10.1. The van der Waals surface area contributed by atoms with Crippen molar-refractivity contribution < 1.29 is 17.9 Å². The molecule has 2 aromatic carbocycles. The number of hydrogen-bond acceptors (Lipinski definition) is 5. The summed E-state index contributed by atoms with van der Waals surface area (Å²) in [5, 5.41) is 1.31. The number of carbonyl (C=O) groups excluding carboxylic acids is 1. The van der Waals surface area contributed by atoms with Crippen molar-refractivity contribution in [2.75, 3.05) is 7.11 Å². The Morgan fingerprint density at radius 2 is 1.77 bits per heavy atom. The van der Waals surface area contributed by atoms with Crippen LogP contribution in [-0.2, 0) is 14.8 Å². The summed E-state index contributed by atoms with van der Waals surface area (Å²) in [6.07, 6.45) is 2.99. The molecule has 3 aromatic heterocycles. The molecule has 0 bridgehead atoms. The molecule has 0 unspecified atom stereocenters. The van der Waals surface area contributed by atoms with Crippen LogP contribution in [0.25, 0.3) is 33.5 Å². The molecule has 0 fully saturated rings. The zero-order valence-electron chi connectivity index (χ0n) is 18.2. The zero-order valence-corrected chi connectivity index (χ0v) is 20.5. The largest absolute Gasteiger partial charge is 0.465 e. The van der Waals surface area contributed by atoms with Crippen molar-refractivity contribution in [1.82, 2.24) is 13.9 Å². The van der Waals surface area contributed by atoms with E-state index < -0.39 is 16.0 Å². The molecule has 0 aliphatic rings. The number of pyridine rings is 1. The topological polar surface area (TPSA) is 94.0 Å². The summed E-state index contributed by atoms with van der Waals surface area (Å²) >= 11 is 12.3. The van der Waals surface area contributed by atoms with Crippen LogP contribution in [0, 0.1) is 0 Å². The Morgan fingerprint density at radius 3 is 2.49 bits per heavy atom. The van der Waals surface area contributed by atoms with E-state index in [-0.39, 0.29) is 10.5 Å². The third-order valence-electron chi connectivity index (χ3n) is 5.58. The SMILES string of the molecule is COC(=O)c1cc(-c2ccnc3c2ccn3S(=O)(=O)c2ccccc2)[nH]c1-c1ccc(Cl)c(Cl)c1. The number of halogens is 2. The Kier molecular flexibility index (Phi) is 5.88. The fourth-order valence-electron chi connectivity index (χ4n) is 3.90. The highest BCUT2D eigenvalue weighted by Crippen LogP contribution is 2.35. The second-order valence-corrected chi connectivity index (χ2v) is 10.2. The van der Waals surface area contributed by atoms with Gasteiger partial charge in [-0.25, -0.2) is 22.2 Å². The standard InChI is InChI=1S/C25H17Cl2N3O4S/c1-34-25(31)19-14-22(29-23(19)15-7-8-20(26)21(27)13-15)17-9-11-28-24-18(17)10-12-30(24)35(32,33)16-5-3-2-4-6-16/h2-14,29H,1H3. The number of aromatic nitrogens is 3. The van der Waals surface area contributed by atoms with Crippen molar-refractivity contribution in [2.45, 2.75) is 4.90 Å². The van der Waals surface area contributed by atoms with Crippen LogP contribution < -0.4 is 0 Å². The van der Waals surface area contributed by atoms with E-state index in [1.807, 2.05) is 0 Å². The molecule has 5 rings (SSSR count). The first-order valence-electron chi connectivity index (χ1n) is 10.3. The van der Waals surface area contributed by atoms with E-state index in [2.05, 4.69) is 9.97 Å². The summed E-state index contributed by atoms with van der Waals surface area (Å²) in [7, 11) is -2.55. The number of carbonyl (C=O) groups is 1. The minimum absolute atomic E-state index is 0.152. The molecule has 5 aromatic rings. The van der Waals surface area contributed by atoms with Gasteiger partial charge in [-0.15, -0.1) is 0 Å². The lowest BCUT2D eigenvalue weighted by Gasteiger charge is -2.07. The number of esters is 1. The molecule has 176 valence electrons. The molecule has 0 radical (unpaired) electrons. The monoisotopic (exact) mass is 525 g/mol. The van der Waals surface area contributed by atoms with E-state index in [9.17, 15) is 13.2 Å². The van der Waals surface area contributed by atoms with Gasteiger partial charge >= 0.3 is 5.97 Å². The van der Waals surface area contributed by atoms with Crippen molar-refractivity contribution in [1.29, 1.82) is 0 Å². The second kappa shape index (κ2) is 8.88. The number of aromatic amines is 1. The molecular weight excluding hydrogens is 509 g/mol. The summed E-state index contributed by atoms with van der Waals surface area (Å²) in [5.74, 6) is -0.539. The summed E-state index contributed by atoms with van der Waals surface area (Å²) < 4.78 is 32.6. The Hall–Kier alpha value is -3.59. The van der Waals surface area contributed by atoms with Gasteiger partial charge in [0.1, 0.15) is 0 Å². The maximum absolute atomic E-state index is 13.2. The summed E-state index contributed by atoms with van der Waals surface area (Å²) in [5.41, 5.74) is 2.92. The van der Waals surface area contributed by atoms with E-state index in [1.165, 1.54) is 31.6 Å². The number of hydrogen-bond donors (Lipinski definition) is 1. The van der Waals surface area contributed by atoms with Gasteiger partial charge in [0.25, 0.3) is 10.0 Å². The van der Waals surface area contributed by atoms with E-state index in [4.69, 9.17) is 27.9 Å². The first-order chi connectivity index (χ1) is 16.8. The fourth-order valence-corrected chi connectivity index (χ4v) is 5.52. The molecule has 0 amide bonds. The van der Waals surface area contributed by atoms with Gasteiger partial charge in [-0.2, -0.15) is 0 Å². The average Bonchev–Trinajstić information content (AvgIpc) is 3.51. The molecule has 7 nitrogen and oxygen atoms in total. The number of nitrogens with zero attached hydrogens (tertiary/aromatic N) is 2. The summed E-state index contributed by atoms with van der Waals surface area (Å²) in [4.78, 5) is 20.3. The van der Waals surface area contributed by atoms with Crippen LogP contribution in [-0.4, -0.2) is 35.4 Å². The van der Waals surface area contributed by atoms with Gasteiger partial charge in [0.15, 0.2) is 5.65 Å². The van der Waals surface area contributed by atoms with Crippen molar-refractivity contribution in [3.63, 3.8) is 0 Å². The van der Waals surface area contributed by atoms with Gasteiger partial charge in [-0.3, -0.25) is 0 Å². The lowest BCUT2D eigenvalue weighted by Crippen LogP contribution is -2.12. The summed E-state index contributed by atoms with van der Waals surface area (Å²) in [6.45, 7) is 0. The lowest BCUT2D eigenvalue weighted by molar-refractivity contribution is 0.0602. The third-order valence-corrected chi connectivity index (χ3v) is 8.00. The van der Waals surface area contributed by atoms with Crippen molar-refractivity contribution in [2.24, 2.45) is 0 Å². The smallest absolute Gasteiger partial charge is 0.340 e. The first-order valence-corrected chi connectivity index (χ1v) is 12.5. The van der Waals surface area contributed by atoms with Gasteiger partial charge in [0.2, 0.25) is 0 Å². The minimum atomic E-state index is -3.85. The predicted octanol–water partition coefficient (Wildman–Crippen LogP) is 6.03. The number of methoxy groups -OCH3 is 1. The number of H-pyrrole nitrogens is 1. The molecule has 0 saturated heterocycles. The van der Waals surface area contributed by atoms with Crippen LogP contribution in [0.2, 0.25) is 10.0 Å². The highest BCUT2D eigenvalue weighted by Gasteiger charge is 2.23. The van der Waals surface area contributed by atoms with Crippen LogP contribution >= 0.6 is 23.2 Å². The van der Waals surface area contributed by atoms with Gasteiger partial charge in [-0.05, 0) is 42.5 Å². The van der Waals surface area contributed by atoms with Crippen molar-refractivity contribution in [3.05, 3.63) is 94.7 Å². The molecule has 35 heavy (non-hydrogen) atoms. The molecule has 10 heteroatoms. The fraction of sp³-hybridized carbons (Fsp3) is 0.0400. The van der Waals surface area contributed by atoms with Crippen LogP contribution in [0.1, 0.15) is 10.4 Å². The van der Waals surface area contributed by atoms with E-state index in [0.717, 1.165) is 3.97 Å². The maximum atomic E-state index is 13.2. The molecule has 3 heterocycles. The van der Waals surface area contributed by atoms with Crippen LogP contribution in [0.5, 0.6) is 0 Å². The quantitative estimate of drug-likeness (QED) is 0.282. The zero-order chi connectivity index (χ0) is 24.7. The van der Waals surface area contributed by atoms with Gasteiger partial charge in [0, 0.05) is 34.6 Å². The average molecular weight is 526 g/mol. The molecule has 0 aliphatic carbocycles.